The van der Waals surface area contributed by atoms with Crippen LogP contribution in [-0.4, -0.2) is 25.1 Å². The van der Waals surface area contributed by atoms with Gasteiger partial charge in [-0.15, -0.1) is 0 Å². The molecule has 0 saturated heterocycles. The summed E-state index contributed by atoms with van der Waals surface area (Å²) in [5.74, 6) is -0.113. The minimum atomic E-state index is -0.829. The Kier molecular flexibility index (Phi) is 6.37. The Morgan fingerprint density at radius 3 is 2.29 bits per heavy atom. The lowest BCUT2D eigenvalue weighted by atomic mass is 10.1. The van der Waals surface area contributed by atoms with Gasteiger partial charge in [0, 0.05) is 12.6 Å². The predicted octanol–water partition coefficient (Wildman–Crippen LogP) is 3.20. The van der Waals surface area contributed by atoms with Gasteiger partial charge in [-0.05, 0) is 42.7 Å². The third-order valence-corrected chi connectivity index (χ3v) is 3.50. The summed E-state index contributed by atoms with van der Waals surface area (Å²) in [5.41, 5.74) is 1.71. The third-order valence-electron chi connectivity index (χ3n) is 3.50. The fourth-order valence-corrected chi connectivity index (χ4v) is 2.28. The molecule has 126 valence electrons. The van der Waals surface area contributed by atoms with Crippen LogP contribution in [0.3, 0.4) is 0 Å². The number of hydrogen-bond acceptors (Lipinski definition) is 4. The molecule has 0 aliphatic carbocycles. The molecule has 0 aliphatic rings. The summed E-state index contributed by atoms with van der Waals surface area (Å²) in [4.78, 5) is 23.7. The quantitative estimate of drug-likeness (QED) is 0.793. The highest BCUT2D eigenvalue weighted by molar-refractivity contribution is 5.95. The standard InChI is InChI=1S/C19H21NO4/c1-14(21)24-18(13-8-15-6-4-3-5-7-15)19(22)20-16-9-11-17(23-2)12-10-16/h3-7,9-12,18H,8,13H2,1-2H3,(H,20,22). The molecule has 0 aromatic heterocycles. The molecule has 0 saturated carbocycles. The first-order valence-corrected chi connectivity index (χ1v) is 7.74. The number of amides is 1. The van der Waals surface area contributed by atoms with Crippen molar-refractivity contribution in [1.82, 2.24) is 0 Å². The van der Waals surface area contributed by atoms with Crippen LogP contribution in [-0.2, 0) is 20.7 Å². The highest BCUT2D eigenvalue weighted by Gasteiger charge is 2.21. The van der Waals surface area contributed by atoms with Crippen molar-refractivity contribution in [2.75, 3.05) is 12.4 Å². The van der Waals surface area contributed by atoms with Gasteiger partial charge in [0.25, 0.3) is 5.91 Å². The van der Waals surface area contributed by atoms with Crippen LogP contribution in [0, 0.1) is 0 Å². The molecule has 1 atom stereocenters. The highest BCUT2D eigenvalue weighted by Crippen LogP contribution is 2.16. The van der Waals surface area contributed by atoms with Gasteiger partial charge >= 0.3 is 5.97 Å². The van der Waals surface area contributed by atoms with E-state index in [9.17, 15) is 9.59 Å². The maximum atomic E-state index is 12.4. The number of esters is 1. The maximum Gasteiger partial charge on any atom is 0.303 e. The van der Waals surface area contributed by atoms with E-state index in [0.717, 1.165) is 5.56 Å². The number of carbonyl (C=O) groups is 2. The Morgan fingerprint density at radius 1 is 1.04 bits per heavy atom. The molecule has 2 aromatic rings. The van der Waals surface area contributed by atoms with E-state index in [4.69, 9.17) is 9.47 Å². The van der Waals surface area contributed by atoms with E-state index >= 15 is 0 Å². The van der Waals surface area contributed by atoms with Crippen LogP contribution in [0.4, 0.5) is 5.69 Å². The molecular formula is C19H21NO4. The van der Waals surface area contributed by atoms with Crippen molar-refractivity contribution in [3.63, 3.8) is 0 Å². The molecule has 2 aromatic carbocycles. The Hall–Kier alpha value is -2.82. The third kappa shape index (κ3) is 5.43. The Bertz CT molecular complexity index is 668. The molecule has 0 spiro atoms. The Balaban J connectivity index is 1.99. The van der Waals surface area contributed by atoms with Crippen LogP contribution in [0.5, 0.6) is 5.75 Å². The number of rotatable bonds is 7. The molecule has 2 rings (SSSR count). The van der Waals surface area contributed by atoms with Gasteiger partial charge in [-0.2, -0.15) is 0 Å². The van der Waals surface area contributed by atoms with E-state index in [1.807, 2.05) is 30.3 Å². The van der Waals surface area contributed by atoms with Crippen LogP contribution in [0.1, 0.15) is 18.9 Å². The zero-order valence-corrected chi connectivity index (χ0v) is 13.8. The second-order valence-corrected chi connectivity index (χ2v) is 5.34. The van der Waals surface area contributed by atoms with Crippen LogP contribution >= 0.6 is 0 Å². The van der Waals surface area contributed by atoms with Crippen LogP contribution in [0.25, 0.3) is 0 Å². The number of hydrogen-bond donors (Lipinski definition) is 1. The molecule has 24 heavy (non-hydrogen) atoms. The number of ether oxygens (including phenoxy) is 2. The van der Waals surface area contributed by atoms with Crippen molar-refractivity contribution < 1.29 is 19.1 Å². The zero-order valence-electron chi connectivity index (χ0n) is 13.8. The molecule has 1 amide bonds. The molecule has 5 nitrogen and oxygen atoms in total. The van der Waals surface area contributed by atoms with E-state index in [-0.39, 0.29) is 5.91 Å². The number of carbonyl (C=O) groups excluding carboxylic acids is 2. The highest BCUT2D eigenvalue weighted by atomic mass is 16.5. The zero-order chi connectivity index (χ0) is 17.4. The fourth-order valence-electron chi connectivity index (χ4n) is 2.28. The second kappa shape index (κ2) is 8.72. The Labute approximate surface area is 141 Å². The van der Waals surface area contributed by atoms with Gasteiger partial charge in [-0.25, -0.2) is 0 Å². The molecule has 5 heteroatoms. The topological polar surface area (TPSA) is 64.6 Å². The van der Waals surface area contributed by atoms with Crippen molar-refractivity contribution in [2.45, 2.75) is 25.9 Å². The molecule has 1 N–H and O–H groups in total. The predicted molar refractivity (Wildman–Crippen MR) is 91.9 cm³/mol. The van der Waals surface area contributed by atoms with Crippen LogP contribution in [0.15, 0.2) is 54.6 Å². The van der Waals surface area contributed by atoms with Crippen LogP contribution < -0.4 is 10.1 Å². The van der Waals surface area contributed by atoms with Gasteiger partial charge in [-0.3, -0.25) is 9.59 Å². The van der Waals surface area contributed by atoms with Gasteiger partial charge in [0.1, 0.15) is 5.75 Å². The van der Waals surface area contributed by atoms with E-state index in [2.05, 4.69) is 5.32 Å². The lowest BCUT2D eigenvalue weighted by molar-refractivity contribution is -0.152. The average molecular weight is 327 g/mol. The number of nitrogens with one attached hydrogen (secondary N) is 1. The van der Waals surface area contributed by atoms with Crippen molar-refractivity contribution >= 4 is 17.6 Å². The van der Waals surface area contributed by atoms with E-state index < -0.39 is 12.1 Å². The summed E-state index contributed by atoms with van der Waals surface area (Å²) < 4.78 is 10.3. The molecule has 1 unspecified atom stereocenters. The first kappa shape index (κ1) is 17.5. The average Bonchev–Trinajstić information content (AvgIpc) is 2.59. The molecule has 0 bridgehead atoms. The largest absolute Gasteiger partial charge is 0.497 e. The minimum Gasteiger partial charge on any atom is -0.497 e. The number of aryl methyl sites for hydroxylation is 1. The first-order valence-electron chi connectivity index (χ1n) is 7.74. The number of methoxy groups -OCH3 is 1. The van der Waals surface area contributed by atoms with Crippen molar-refractivity contribution in [3.8, 4) is 5.75 Å². The lowest BCUT2D eigenvalue weighted by Crippen LogP contribution is -2.32. The van der Waals surface area contributed by atoms with Crippen molar-refractivity contribution in [2.24, 2.45) is 0 Å². The van der Waals surface area contributed by atoms with Crippen molar-refractivity contribution in [1.29, 1.82) is 0 Å². The second-order valence-electron chi connectivity index (χ2n) is 5.34. The summed E-state index contributed by atoms with van der Waals surface area (Å²) in [7, 11) is 1.58. The van der Waals surface area contributed by atoms with Gasteiger partial charge in [-0.1, -0.05) is 30.3 Å². The van der Waals surface area contributed by atoms with E-state index in [1.54, 1.807) is 31.4 Å². The summed E-state index contributed by atoms with van der Waals surface area (Å²) in [5, 5.41) is 2.76. The summed E-state index contributed by atoms with van der Waals surface area (Å²) in [6.45, 7) is 1.30. The van der Waals surface area contributed by atoms with E-state index in [1.165, 1.54) is 6.92 Å². The molecular weight excluding hydrogens is 306 g/mol. The fraction of sp³-hybridized carbons (Fsp3) is 0.263. The molecule has 0 fully saturated rings. The maximum absolute atomic E-state index is 12.4. The van der Waals surface area contributed by atoms with Gasteiger partial charge in [0.2, 0.25) is 0 Å². The molecule has 0 aliphatic heterocycles. The van der Waals surface area contributed by atoms with Gasteiger partial charge in [0.15, 0.2) is 6.10 Å². The smallest absolute Gasteiger partial charge is 0.303 e. The summed E-state index contributed by atoms with van der Waals surface area (Å²) >= 11 is 0. The Morgan fingerprint density at radius 2 is 1.71 bits per heavy atom. The van der Waals surface area contributed by atoms with Crippen LogP contribution in [0.2, 0.25) is 0 Å². The summed E-state index contributed by atoms with van der Waals surface area (Å²) in [6.07, 6.45) is 0.241. The SMILES string of the molecule is COc1ccc(NC(=O)C(CCc2ccccc2)OC(C)=O)cc1. The summed E-state index contributed by atoms with van der Waals surface area (Å²) in [6, 6.07) is 16.7. The van der Waals surface area contributed by atoms with E-state index in [0.29, 0.717) is 24.3 Å². The lowest BCUT2D eigenvalue weighted by Gasteiger charge is -2.17. The molecule has 0 heterocycles. The monoisotopic (exact) mass is 327 g/mol. The van der Waals surface area contributed by atoms with Gasteiger partial charge in [0.05, 0.1) is 7.11 Å². The molecule has 0 radical (unpaired) electrons. The number of benzene rings is 2. The first-order chi connectivity index (χ1) is 11.6. The van der Waals surface area contributed by atoms with Crippen molar-refractivity contribution in [3.05, 3.63) is 60.2 Å². The normalized spacial score (nSPS) is 11.4. The minimum absolute atomic E-state index is 0.341. The number of anilines is 1. The van der Waals surface area contributed by atoms with Gasteiger partial charge < -0.3 is 14.8 Å².